The number of oxazole rings is 1. The minimum atomic E-state index is -0.454. The number of nitro benzene ring substituents is 1. The van der Waals surface area contributed by atoms with Gasteiger partial charge in [-0.2, -0.15) is 4.98 Å². The van der Waals surface area contributed by atoms with E-state index in [0.29, 0.717) is 11.6 Å². The van der Waals surface area contributed by atoms with Crippen LogP contribution >= 0.6 is 0 Å². The van der Waals surface area contributed by atoms with Crippen LogP contribution in [0.25, 0.3) is 11.1 Å². The summed E-state index contributed by atoms with van der Waals surface area (Å²) in [5.41, 5.74) is 0.654. The molecule has 0 radical (unpaired) electrons. The molecule has 2 rings (SSSR count). The van der Waals surface area contributed by atoms with Gasteiger partial charge in [-0.15, -0.1) is 0 Å². The lowest BCUT2D eigenvalue weighted by atomic mass is 10.2. The van der Waals surface area contributed by atoms with Gasteiger partial charge in [-0.3, -0.25) is 10.1 Å². The molecule has 1 aromatic heterocycles. The van der Waals surface area contributed by atoms with Crippen molar-refractivity contribution >= 4 is 22.8 Å². The fourth-order valence-corrected chi connectivity index (χ4v) is 1.88. The second kappa shape index (κ2) is 5.87. The second-order valence-electron chi connectivity index (χ2n) is 5.04. The van der Waals surface area contributed by atoms with E-state index in [4.69, 9.17) is 4.42 Å². The largest absolute Gasteiger partial charge is 0.423 e. The maximum atomic E-state index is 10.9. The fraction of sp³-hybridized carbons (Fsp3) is 0.462. The molecule has 1 heterocycles. The summed E-state index contributed by atoms with van der Waals surface area (Å²) in [5.74, 6) is 0. The van der Waals surface area contributed by atoms with Gasteiger partial charge in [0.2, 0.25) is 0 Å². The molecule has 0 spiro atoms. The number of nitrogens with one attached hydrogen (secondary N) is 1. The van der Waals surface area contributed by atoms with Gasteiger partial charge in [0.05, 0.1) is 4.92 Å². The maximum absolute atomic E-state index is 10.9. The number of hydrogen-bond acceptors (Lipinski definition) is 6. The summed E-state index contributed by atoms with van der Waals surface area (Å²) >= 11 is 0. The molecular weight excluding hydrogens is 260 g/mol. The predicted molar refractivity (Wildman–Crippen MR) is 76.9 cm³/mol. The Hall–Kier alpha value is -2.15. The smallest absolute Gasteiger partial charge is 0.298 e. The molecule has 0 aliphatic carbocycles. The van der Waals surface area contributed by atoms with Gasteiger partial charge in [0.25, 0.3) is 11.7 Å². The second-order valence-corrected chi connectivity index (χ2v) is 5.04. The third kappa shape index (κ3) is 3.24. The first-order valence-corrected chi connectivity index (χ1v) is 6.42. The van der Waals surface area contributed by atoms with Crippen LogP contribution in [0.2, 0.25) is 0 Å². The molecule has 0 aliphatic rings. The van der Waals surface area contributed by atoms with Gasteiger partial charge < -0.3 is 14.6 Å². The van der Waals surface area contributed by atoms with Gasteiger partial charge in [-0.1, -0.05) is 6.07 Å². The molecule has 7 nitrogen and oxygen atoms in total. The summed E-state index contributed by atoms with van der Waals surface area (Å²) in [6, 6.07) is 5.17. The van der Waals surface area contributed by atoms with E-state index in [1.165, 1.54) is 6.07 Å². The highest BCUT2D eigenvalue weighted by Gasteiger charge is 2.18. The van der Waals surface area contributed by atoms with Crippen LogP contribution in [0, 0.1) is 10.1 Å². The predicted octanol–water partition coefficient (Wildman–Crippen LogP) is 2.49. The summed E-state index contributed by atoms with van der Waals surface area (Å²) in [4.78, 5) is 16.7. The Balaban J connectivity index is 2.16. The Labute approximate surface area is 116 Å². The highest BCUT2D eigenvalue weighted by molar-refractivity contribution is 5.84. The minimum absolute atomic E-state index is 0.0414. The van der Waals surface area contributed by atoms with Crippen LogP contribution in [0.15, 0.2) is 22.6 Å². The van der Waals surface area contributed by atoms with E-state index in [0.717, 1.165) is 13.0 Å². The van der Waals surface area contributed by atoms with Gasteiger partial charge in [-0.05, 0) is 40.1 Å². The molecule has 0 amide bonds. The van der Waals surface area contributed by atoms with E-state index in [-0.39, 0.29) is 17.2 Å². The third-order valence-corrected chi connectivity index (χ3v) is 2.97. The average molecular weight is 278 g/mol. The number of rotatable bonds is 6. The van der Waals surface area contributed by atoms with Crippen LogP contribution in [-0.2, 0) is 0 Å². The lowest BCUT2D eigenvalue weighted by molar-refractivity contribution is -0.383. The number of nitro groups is 1. The summed E-state index contributed by atoms with van der Waals surface area (Å²) in [5, 5.41) is 14.0. The molecule has 1 unspecified atom stereocenters. The van der Waals surface area contributed by atoms with Crippen molar-refractivity contribution in [2.24, 2.45) is 0 Å². The number of hydrogen-bond donors (Lipinski definition) is 1. The van der Waals surface area contributed by atoms with Gasteiger partial charge in [-0.25, -0.2) is 0 Å². The van der Waals surface area contributed by atoms with E-state index in [9.17, 15) is 10.1 Å². The van der Waals surface area contributed by atoms with Crippen LogP contribution in [0.3, 0.4) is 0 Å². The highest BCUT2D eigenvalue weighted by atomic mass is 16.6. The summed E-state index contributed by atoms with van der Waals surface area (Å²) in [7, 11) is 4.02. The first-order valence-electron chi connectivity index (χ1n) is 6.42. The summed E-state index contributed by atoms with van der Waals surface area (Å²) in [6.45, 7) is 2.96. The summed E-state index contributed by atoms with van der Waals surface area (Å²) in [6.07, 6.45) is 0.924. The number of aromatic nitrogens is 1. The maximum Gasteiger partial charge on any atom is 0.298 e. The lowest BCUT2D eigenvalue weighted by Crippen LogP contribution is -2.23. The Morgan fingerprint density at radius 1 is 1.50 bits per heavy atom. The minimum Gasteiger partial charge on any atom is -0.423 e. The zero-order valence-corrected chi connectivity index (χ0v) is 11.8. The molecule has 0 aliphatic heterocycles. The first-order chi connectivity index (χ1) is 9.47. The number of anilines is 1. The molecule has 20 heavy (non-hydrogen) atoms. The van der Waals surface area contributed by atoms with E-state index >= 15 is 0 Å². The third-order valence-electron chi connectivity index (χ3n) is 2.97. The number of non-ortho nitro benzene ring substituents is 1. The SMILES string of the molecule is CC(CCN(C)C)Nc1nc2c([N+](=O)[O-])cccc2o1. The van der Waals surface area contributed by atoms with Crippen molar-refractivity contribution in [3.8, 4) is 0 Å². The van der Waals surface area contributed by atoms with E-state index in [2.05, 4.69) is 15.2 Å². The normalized spacial score (nSPS) is 12.8. The van der Waals surface area contributed by atoms with Crippen molar-refractivity contribution in [2.75, 3.05) is 26.0 Å². The molecule has 1 aromatic carbocycles. The molecule has 0 fully saturated rings. The molecule has 108 valence electrons. The van der Waals surface area contributed by atoms with Crippen molar-refractivity contribution in [1.29, 1.82) is 0 Å². The average Bonchev–Trinajstić information content (AvgIpc) is 2.77. The fourth-order valence-electron chi connectivity index (χ4n) is 1.88. The number of para-hydroxylation sites is 1. The van der Waals surface area contributed by atoms with Crippen LogP contribution in [0.4, 0.5) is 11.7 Å². The van der Waals surface area contributed by atoms with Crippen LogP contribution in [-0.4, -0.2) is 41.5 Å². The lowest BCUT2D eigenvalue weighted by Gasteiger charge is -2.15. The zero-order valence-electron chi connectivity index (χ0n) is 11.8. The van der Waals surface area contributed by atoms with Crippen molar-refractivity contribution < 1.29 is 9.34 Å². The molecule has 0 saturated carbocycles. The van der Waals surface area contributed by atoms with E-state index in [1.807, 2.05) is 21.0 Å². The van der Waals surface area contributed by atoms with Crippen molar-refractivity contribution in [3.05, 3.63) is 28.3 Å². The quantitative estimate of drug-likeness (QED) is 0.645. The molecule has 1 atom stereocenters. The number of fused-ring (bicyclic) bond motifs is 1. The monoisotopic (exact) mass is 278 g/mol. The van der Waals surface area contributed by atoms with Gasteiger partial charge in [0, 0.05) is 12.1 Å². The number of nitrogens with zero attached hydrogens (tertiary/aromatic N) is 3. The van der Waals surface area contributed by atoms with E-state index in [1.54, 1.807) is 12.1 Å². The molecule has 0 bridgehead atoms. The number of benzene rings is 1. The Bertz CT molecular complexity index is 609. The summed E-state index contributed by atoms with van der Waals surface area (Å²) < 4.78 is 5.50. The van der Waals surface area contributed by atoms with Gasteiger partial charge >= 0.3 is 0 Å². The van der Waals surface area contributed by atoms with Crippen molar-refractivity contribution in [2.45, 2.75) is 19.4 Å². The van der Waals surface area contributed by atoms with Gasteiger partial charge in [0.1, 0.15) is 0 Å². The zero-order chi connectivity index (χ0) is 14.7. The molecule has 1 N–H and O–H groups in total. The van der Waals surface area contributed by atoms with Crippen LogP contribution < -0.4 is 5.32 Å². The van der Waals surface area contributed by atoms with E-state index < -0.39 is 4.92 Å². The standard InChI is InChI=1S/C13H18N4O3/c1-9(7-8-16(2)3)14-13-15-12-10(17(18)19)5-4-6-11(12)20-13/h4-6,9H,7-8H2,1-3H3,(H,14,15). The van der Waals surface area contributed by atoms with Crippen molar-refractivity contribution in [1.82, 2.24) is 9.88 Å². The molecule has 0 saturated heterocycles. The molecule has 2 aromatic rings. The van der Waals surface area contributed by atoms with Gasteiger partial charge in [0.15, 0.2) is 11.1 Å². The Morgan fingerprint density at radius 2 is 2.25 bits per heavy atom. The van der Waals surface area contributed by atoms with Crippen molar-refractivity contribution in [3.63, 3.8) is 0 Å². The highest BCUT2D eigenvalue weighted by Crippen LogP contribution is 2.27. The Kier molecular flexibility index (Phi) is 4.19. The molecular formula is C13H18N4O3. The topological polar surface area (TPSA) is 84.4 Å². The molecule has 7 heteroatoms. The Morgan fingerprint density at radius 3 is 2.90 bits per heavy atom. The van der Waals surface area contributed by atoms with Crippen LogP contribution in [0.1, 0.15) is 13.3 Å². The van der Waals surface area contributed by atoms with Crippen LogP contribution in [0.5, 0.6) is 0 Å². The first kappa shape index (κ1) is 14.3.